The lowest BCUT2D eigenvalue weighted by Crippen LogP contribution is -2.28. The molecule has 0 aliphatic carbocycles. The van der Waals surface area contributed by atoms with Crippen LogP contribution in [-0.4, -0.2) is 30.2 Å². The molecule has 1 fully saturated rings. The molecule has 0 radical (unpaired) electrons. The topological polar surface area (TPSA) is 56.5 Å². The molecule has 0 amide bonds. The van der Waals surface area contributed by atoms with Gasteiger partial charge >= 0.3 is 0 Å². The molecule has 19 heavy (non-hydrogen) atoms. The van der Waals surface area contributed by atoms with Crippen LogP contribution in [0.1, 0.15) is 37.3 Å². The van der Waals surface area contributed by atoms with Crippen molar-refractivity contribution in [1.82, 2.24) is 4.90 Å². The van der Waals surface area contributed by atoms with E-state index in [0.29, 0.717) is 5.75 Å². The summed E-state index contributed by atoms with van der Waals surface area (Å²) in [5, 5.41) is 19.1. The number of rotatable bonds is 3. The maximum absolute atomic E-state index is 9.62. The molecule has 0 saturated carbocycles. The third kappa shape index (κ3) is 3.18. The molecular formula is C15H20N2O2. The fourth-order valence-electron chi connectivity index (χ4n) is 2.58. The maximum atomic E-state index is 9.62. The summed E-state index contributed by atoms with van der Waals surface area (Å²) in [7, 11) is 1.52. The van der Waals surface area contributed by atoms with Gasteiger partial charge in [-0.15, -0.1) is 0 Å². The Labute approximate surface area is 114 Å². The fourth-order valence-corrected chi connectivity index (χ4v) is 2.58. The lowest BCUT2D eigenvalue weighted by atomic mass is 10.1. The van der Waals surface area contributed by atoms with E-state index in [0.717, 1.165) is 31.5 Å². The van der Waals surface area contributed by atoms with Crippen molar-refractivity contribution in [3.05, 3.63) is 23.8 Å². The van der Waals surface area contributed by atoms with Crippen molar-refractivity contribution in [3.8, 4) is 17.6 Å². The predicted octanol–water partition coefficient (Wildman–Crippen LogP) is 2.84. The Morgan fingerprint density at radius 2 is 1.95 bits per heavy atom. The lowest BCUT2D eigenvalue weighted by Gasteiger charge is -2.25. The van der Waals surface area contributed by atoms with Gasteiger partial charge in [0.2, 0.25) is 0 Å². The van der Waals surface area contributed by atoms with Gasteiger partial charge < -0.3 is 9.84 Å². The number of hydrogen-bond donors (Lipinski definition) is 1. The van der Waals surface area contributed by atoms with E-state index in [1.54, 1.807) is 18.2 Å². The van der Waals surface area contributed by atoms with Gasteiger partial charge in [0.15, 0.2) is 11.5 Å². The van der Waals surface area contributed by atoms with Crippen molar-refractivity contribution in [2.24, 2.45) is 0 Å². The third-order valence-corrected chi connectivity index (χ3v) is 3.65. The van der Waals surface area contributed by atoms with E-state index < -0.39 is 0 Å². The predicted molar refractivity (Wildman–Crippen MR) is 73.1 cm³/mol. The highest BCUT2D eigenvalue weighted by atomic mass is 16.5. The smallest absolute Gasteiger partial charge is 0.160 e. The van der Waals surface area contributed by atoms with Crippen LogP contribution in [0.2, 0.25) is 0 Å². The number of hydrogen-bond acceptors (Lipinski definition) is 4. The largest absolute Gasteiger partial charge is 0.504 e. The number of phenols is 1. The second kappa shape index (κ2) is 6.44. The van der Waals surface area contributed by atoms with Crippen molar-refractivity contribution in [1.29, 1.82) is 5.26 Å². The maximum Gasteiger partial charge on any atom is 0.160 e. The normalized spacial score (nSPS) is 18.3. The molecule has 0 aromatic heterocycles. The monoisotopic (exact) mass is 260 g/mol. The standard InChI is InChI=1S/C15H20N2O2/c1-19-15-10-12(6-7-14(15)18)13(11-16)17-8-4-2-3-5-9-17/h6-7,10,13,18H,2-5,8-9H2,1H3/t13-/m1/s1. The van der Waals surface area contributed by atoms with Gasteiger partial charge in [-0.25, -0.2) is 0 Å². The minimum atomic E-state index is -0.257. The van der Waals surface area contributed by atoms with Crippen LogP contribution in [-0.2, 0) is 0 Å². The van der Waals surface area contributed by atoms with E-state index in [4.69, 9.17) is 4.74 Å². The number of ether oxygens (including phenoxy) is 1. The highest BCUT2D eigenvalue weighted by Crippen LogP contribution is 2.31. The van der Waals surface area contributed by atoms with E-state index in [9.17, 15) is 10.4 Å². The van der Waals surface area contributed by atoms with E-state index in [2.05, 4.69) is 11.0 Å². The first-order valence-electron chi connectivity index (χ1n) is 6.77. The zero-order valence-electron chi connectivity index (χ0n) is 11.3. The molecule has 1 saturated heterocycles. The quantitative estimate of drug-likeness (QED) is 0.908. The number of benzene rings is 1. The molecule has 1 aliphatic heterocycles. The highest BCUT2D eigenvalue weighted by molar-refractivity contribution is 5.43. The summed E-state index contributed by atoms with van der Waals surface area (Å²) in [6.45, 7) is 1.92. The lowest BCUT2D eigenvalue weighted by molar-refractivity contribution is 0.245. The van der Waals surface area contributed by atoms with E-state index in [1.807, 2.05) is 0 Å². The van der Waals surface area contributed by atoms with Crippen LogP contribution in [0.5, 0.6) is 11.5 Å². The first-order chi connectivity index (χ1) is 9.26. The molecule has 1 aliphatic rings. The molecule has 1 N–H and O–H groups in total. The first-order valence-corrected chi connectivity index (χ1v) is 6.77. The van der Waals surface area contributed by atoms with Gasteiger partial charge in [0.05, 0.1) is 13.2 Å². The van der Waals surface area contributed by atoms with Crippen LogP contribution < -0.4 is 4.74 Å². The van der Waals surface area contributed by atoms with Crippen LogP contribution in [0.15, 0.2) is 18.2 Å². The number of phenolic OH excluding ortho intramolecular Hbond substituents is 1. The average molecular weight is 260 g/mol. The Morgan fingerprint density at radius 3 is 2.53 bits per heavy atom. The van der Waals surface area contributed by atoms with Gasteiger partial charge in [-0.2, -0.15) is 5.26 Å². The minimum absolute atomic E-state index is 0.110. The zero-order valence-corrected chi connectivity index (χ0v) is 11.3. The Balaban J connectivity index is 2.23. The minimum Gasteiger partial charge on any atom is -0.504 e. The summed E-state index contributed by atoms with van der Waals surface area (Å²) in [6.07, 6.45) is 4.78. The Morgan fingerprint density at radius 1 is 1.26 bits per heavy atom. The van der Waals surface area contributed by atoms with E-state index in [1.165, 1.54) is 20.0 Å². The van der Waals surface area contributed by atoms with Crippen LogP contribution in [0.25, 0.3) is 0 Å². The van der Waals surface area contributed by atoms with Gasteiger partial charge in [-0.05, 0) is 43.6 Å². The zero-order chi connectivity index (χ0) is 13.7. The SMILES string of the molecule is COc1cc([C@@H](C#N)N2CCCCCC2)ccc1O. The molecule has 2 rings (SSSR count). The van der Waals surface area contributed by atoms with E-state index in [-0.39, 0.29) is 11.8 Å². The molecule has 1 heterocycles. The summed E-state index contributed by atoms with van der Waals surface area (Å²) in [4.78, 5) is 2.22. The Bertz CT molecular complexity index is 460. The number of nitriles is 1. The molecule has 1 atom stereocenters. The molecule has 1 aromatic rings. The van der Waals surface area contributed by atoms with Crippen molar-refractivity contribution in [2.75, 3.05) is 20.2 Å². The fraction of sp³-hybridized carbons (Fsp3) is 0.533. The summed E-state index contributed by atoms with van der Waals surface area (Å²) in [6, 6.07) is 7.27. The summed E-state index contributed by atoms with van der Waals surface area (Å²) >= 11 is 0. The first kappa shape index (κ1) is 13.7. The van der Waals surface area contributed by atoms with E-state index >= 15 is 0 Å². The number of likely N-dealkylation sites (tertiary alicyclic amines) is 1. The second-order valence-corrected chi connectivity index (χ2v) is 4.91. The van der Waals surface area contributed by atoms with Crippen molar-refractivity contribution in [2.45, 2.75) is 31.7 Å². The Hall–Kier alpha value is -1.73. The van der Waals surface area contributed by atoms with Gasteiger partial charge in [-0.1, -0.05) is 18.9 Å². The summed E-state index contributed by atoms with van der Waals surface area (Å²) in [5.74, 6) is 0.534. The molecule has 4 nitrogen and oxygen atoms in total. The summed E-state index contributed by atoms with van der Waals surface area (Å²) < 4.78 is 5.11. The average Bonchev–Trinajstić information content (AvgIpc) is 2.70. The number of methoxy groups -OCH3 is 1. The number of aromatic hydroxyl groups is 1. The molecule has 0 unspecified atom stereocenters. The van der Waals surface area contributed by atoms with Crippen LogP contribution >= 0.6 is 0 Å². The van der Waals surface area contributed by atoms with Crippen LogP contribution in [0.3, 0.4) is 0 Å². The molecule has 4 heteroatoms. The molecule has 0 spiro atoms. The van der Waals surface area contributed by atoms with Crippen molar-refractivity contribution >= 4 is 0 Å². The molecular weight excluding hydrogens is 240 g/mol. The third-order valence-electron chi connectivity index (χ3n) is 3.65. The van der Waals surface area contributed by atoms with Gasteiger partial charge in [0.25, 0.3) is 0 Å². The van der Waals surface area contributed by atoms with Gasteiger partial charge in [0.1, 0.15) is 6.04 Å². The molecule has 0 bridgehead atoms. The molecule has 1 aromatic carbocycles. The second-order valence-electron chi connectivity index (χ2n) is 4.91. The van der Waals surface area contributed by atoms with Crippen LogP contribution in [0, 0.1) is 11.3 Å². The van der Waals surface area contributed by atoms with Crippen molar-refractivity contribution in [3.63, 3.8) is 0 Å². The number of nitrogens with zero attached hydrogens (tertiary/aromatic N) is 2. The highest BCUT2D eigenvalue weighted by Gasteiger charge is 2.22. The van der Waals surface area contributed by atoms with Gasteiger partial charge in [-0.3, -0.25) is 4.90 Å². The summed E-state index contributed by atoms with van der Waals surface area (Å²) in [5.41, 5.74) is 0.888. The van der Waals surface area contributed by atoms with Gasteiger partial charge in [0, 0.05) is 0 Å². The molecule has 102 valence electrons. The Kier molecular flexibility index (Phi) is 4.64. The van der Waals surface area contributed by atoms with Crippen LogP contribution in [0.4, 0.5) is 0 Å². The van der Waals surface area contributed by atoms with Crippen molar-refractivity contribution < 1.29 is 9.84 Å².